The van der Waals surface area contributed by atoms with Crippen molar-refractivity contribution in [3.05, 3.63) is 22.2 Å². The van der Waals surface area contributed by atoms with Crippen molar-refractivity contribution in [2.24, 2.45) is 5.92 Å². The van der Waals surface area contributed by atoms with E-state index in [1.807, 2.05) is 0 Å². The number of hydrogen-bond donors (Lipinski definition) is 1. The first-order chi connectivity index (χ1) is 7.52. The van der Waals surface area contributed by atoms with Crippen LogP contribution in [0.15, 0.2) is 17.2 Å². The number of nitrogens with two attached hydrogens (primary N) is 1. The fourth-order valence-corrected chi connectivity index (χ4v) is 2.10. The molecule has 88 valence electrons. The van der Waals surface area contributed by atoms with E-state index in [0.717, 1.165) is 12.2 Å². The molecule has 0 aliphatic rings. The first kappa shape index (κ1) is 12.8. The normalized spacial score (nSPS) is 12.4. The number of aromatic nitrogens is 1. The molecule has 1 aromatic rings. The Hall–Kier alpha value is -1.30. The van der Waals surface area contributed by atoms with Gasteiger partial charge in [-0.1, -0.05) is 20.3 Å². The van der Waals surface area contributed by atoms with Gasteiger partial charge in [0, 0.05) is 11.8 Å². The van der Waals surface area contributed by atoms with Crippen LogP contribution in [0.1, 0.15) is 20.3 Å². The van der Waals surface area contributed by atoms with Crippen LogP contribution in [0.5, 0.6) is 0 Å². The van der Waals surface area contributed by atoms with Crippen LogP contribution in [0.2, 0.25) is 0 Å². The fraction of sp³-hybridized carbons (Fsp3) is 0.500. The van der Waals surface area contributed by atoms with Crippen molar-refractivity contribution in [2.45, 2.75) is 25.3 Å². The summed E-state index contributed by atoms with van der Waals surface area (Å²) < 4.78 is 0. The van der Waals surface area contributed by atoms with Gasteiger partial charge in [-0.05, 0) is 5.92 Å². The lowest BCUT2D eigenvalue weighted by molar-refractivity contribution is -0.385. The molecular formula is C10H15N3O2S. The molecule has 0 aliphatic heterocycles. The molecule has 0 fully saturated rings. The molecule has 0 spiro atoms. The molecule has 1 atom stereocenters. The summed E-state index contributed by atoms with van der Waals surface area (Å²) in [5.74, 6) is 1.65. The monoisotopic (exact) mass is 241 g/mol. The van der Waals surface area contributed by atoms with Crippen LogP contribution < -0.4 is 5.73 Å². The molecule has 0 saturated heterocycles. The molecule has 0 aliphatic carbocycles. The van der Waals surface area contributed by atoms with Gasteiger partial charge in [0.15, 0.2) is 0 Å². The fourth-order valence-electron chi connectivity index (χ4n) is 1.04. The van der Waals surface area contributed by atoms with E-state index in [1.165, 1.54) is 23.9 Å². The first-order valence-corrected chi connectivity index (χ1v) is 6.06. The highest BCUT2D eigenvalue weighted by molar-refractivity contribution is 7.99. The van der Waals surface area contributed by atoms with Gasteiger partial charge in [-0.2, -0.15) is 0 Å². The number of nitro groups is 1. The quantitative estimate of drug-likeness (QED) is 0.487. The molecule has 0 radical (unpaired) electrons. The number of anilines is 1. The van der Waals surface area contributed by atoms with E-state index in [2.05, 4.69) is 18.8 Å². The van der Waals surface area contributed by atoms with Gasteiger partial charge in [-0.25, -0.2) is 4.98 Å². The summed E-state index contributed by atoms with van der Waals surface area (Å²) in [7, 11) is 0. The number of nitrogens with zero attached hydrogens (tertiary/aromatic N) is 2. The Kier molecular flexibility index (Phi) is 4.54. The van der Waals surface area contributed by atoms with Gasteiger partial charge < -0.3 is 5.73 Å². The molecule has 0 amide bonds. The average molecular weight is 241 g/mol. The number of hydrogen-bond acceptors (Lipinski definition) is 5. The predicted octanol–water partition coefficient (Wildman–Crippen LogP) is 2.71. The number of nitrogen functional groups attached to an aromatic ring is 1. The standard InChI is InChI=1S/C10H15N3O2S/c1-3-7(2)6-16-10-5-8(13(14)15)4-9(11)12-10/h4-5,7H,3,6H2,1-2H3,(H2,11,12). The minimum absolute atomic E-state index is 0.000786. The molecular weight excluding hydrogens is 226 g/mol. The molecule has 16 heavy (non-hydrogen) atoms. The van der Waals surface area contributed by atoms with E-state index in [0.29, 0.717) is 10.9 Å². The molecule has 6 heteroatoms. The van der Waals surface area contributed by atoms with Crippen molar-refractivity contribution >= 4 is 23.3 Å². The third kappa shape index (κ3) is 3.69. The maximum Gasteiger partial charge on any atom is 0.275 e. The zero-order chi connectivity index (χ0) is 12.1. The van der Waals surface area contributed by atoms with Crippen LogP contribution in [0.4, 0.5) is 11.5 Å². The zero-order valence-electron chi connectivity index (χ0n) is 9.34. The number of pyridine rings is 1. The Balaban J connectivity index is 2.76. The van der Waals surface area contributed by atoms with Crippen LogP contribution in [0, 0.1) is 16.0 Å². The molecule has 1 rings (SSSR count). The summed E-state index contributed by atoms with van der Waals surface area (Å²) in [6, 6.07) is 2.73. The Morgan fingerprint density at radius 2 is 2.31 bits per heavy atom. The summed E-state index contributed by atoms with van der Waals surface area (Å²) in [6.07, 6.45) is 1.08. The van der Waals surface area contributed by atoms with Crippen molar-refractivity contribution in [1.29, 1.82) is 0 Å². The van der Waals surface area contributed by atoms with Crippen molar-refractivity contribution < 1.29 is 4.92 Å². The van der Waals surface area contributed by atoms with Crippen LogP contribution in [-0.4, -0.2) is 15.7 Å². The molecule has 0 bridgehead atoms. The lowest BCUT2D eigenvalue weighted by atomic mass is 10.2. The molecule has 2 N–H and O–H groups in total. The highest BCUT2D eigenvalue weighted by Gasteiger charge is 2.10. The topological polar surface area (TPSA) is 82.0 Å². The first-order valence-electron chi connectivity index (χ1n) is 5.07. The van der Waals surface area contributed by atoms with Gasteiger partial charge in [-0.3, -0.25) is 10.1 Å². The van der Waals surface area contributed by atoms with Crippen molar-refractivity contribution in [2.75, 3.05) is 11.5 Å². The van der Waals surface area contributed by atoms with E-state index >= 15 is 0 Å². The SMILES string of the molecule is CCC(C)CSc1cc([N+](=O)[O-])cc(N)n1. The second kappa shape index (κ2) is 5.69. The third-order valence-electron chi connectivity index (χ3n) is 2.23. The van der Waals surface area contributed by atoms with Gasteiger partial charge in [0.1, 0.15) is 10.8 Å². The average Bonchev–Trinajstić information content (AvgIpc) is 2.25. The molecule has 0 saturated carbocycles. The van der Waals surface area contributed by atoms with E-state index in [9.17, 15) is 10.1 Å². The van der Waals surface area contributed by atoms with Crippen molar-refractivity contribution in [3.63, 3.8) is 0 Å². The Morgan fingerprint density at radius 1 is 1.62 bits per heavy atom. The molecule has 1 aromatic heterocycles. The van der Waals surface area contributed by atoms with Crippen LogP contribution in [-0.2, 0) is 0 Å². The second-order valence-corrected chi connectivity index (χ2v) is 4.71. The summed E-state index contributed by atoms with van der Waals surface area (Å²) in [6.45, 7) is 4.24. The number of rotatable bonds is 5. The maximum absolute atomic E-state index is 10.6. The molecule has 5 nitrogen and oxygen atoms in total. The smallest absolute Gasteiger partial charge is 0.275 e. The maximum atomic E-state index is 10.6. The van der Waals surface area contributed by atoms with Gasteiger partial charge in [0.25, 0.3) is 5.69 Å². The van der Waals surface area contributed by atoms with E-state index in [4.69, 9.17) is 5.73 Å². The van der Waals surface area contributed by atoms with Crippen molar-refractivity contribution in [1.82, 2.24) is 4.98 Å². The van der Waals surface area contributed by atoms with Gasteiger partial charge in [-0.15, -0.1) is 11.8 Å². The Morgan fingerprint density at radius 3 is 2.88 bits per heavy atom. The minimum Gasteiger partial charge on any atom is -0.383 e. The largest absolute Gasteiger partial charge is 0.383 e. The summed E-state index contributed by atoms with van der Waals surface area (Å²) in [5, 5.41) is 11.2. The van der Waals surface area contributed by atoms with E-state index < -0.39 is 4.92 Å². The second-order valence-electron chi connectivity index (χ2n) is 3.67. The summed E-state index contributed by atoms with van der Waals surface area (Å²) >= 11 is 1.50. The zero-order valence-corrected chi connectivity index (χ0v) is 10.2. The van der Waals surface area contributed by atoms with Crippen LogP contribution in [0.3, 0.4) is 0 Å². The lowest BCUT2D eigenvalue weighted by Gasteiger charge is -2.07. The minimum atomic E-state index is -0.453. The Labute approximate surface area is 98.6 Å². The number of thioether (sulfide) groups is 1. The van der Waals surface area contributed by atoms with Gasteiger partial charge >= 0.3 is 0 Å². The van der Waals surface area contributed by atoms with Gasteiger partial charge in [0.2, 0.25) is 0 Å². The lowest BCUT2D eigenvalue weighted by Crippen LogP contribution is -1.99. The highest BCUT2D eigenvalue weighted by atomic mass is 32.2. The van der Waals surface area contributed by atoms with E-state index in [-0.39, 0.29) is 11.5 Å². The predicted molar refractivity (Wildman–Crippen MR) is 65.5 cm³/mol. The van der Waals surface area contributed by atoms with Crippen LogP contribution >= 0.6 is 11.8 Å². The summed E-state index contributed by atoms with van der Waals surface area (Å²) in [5.41, 5.74) is 5.51. The highest BCUT2D eigenvalue weighted by Crippen LogP contribution is 2.25. The molecule has 1 heterocycles. The van der Waals surface area contributed by atoms with E-state index in [1.54, 1.807) is 0 Å². The Bertz CT molecular complexity index is 384. The van der Waals surface area contributed by atoms with Crippen molar-refractivity contribution in [3.8, 4) is 0 Å². The van der Waals surface area contributed by atoms with Gasteiger partial charge in [0.05, 0.1) is 11.0 Å². The molecule has 1 unspecified atom stereocenters. The third-order valence-corrected chi connectivity index (χ3v) is 3.47. The molecule has 0 aromatic carbocycles. The summed E-state index contributed by atoms with van der Waals surface area (Å²) in [4.78, 5) is 14.2. The van der Waals surface area contributed by atoms with Crippen LogP contribution in [0.25, 0.3) is 0 Å².